The maximum absolute atomic E-state index is 13.9. The number of sulfonamides is 1. The van der Waals surface area contributed by atoms with Crippen molar-refractivity contribution in [2.24, 2.45) is 0 Å². The highest BCUT2D eigenvalue weighted by atomic mass is 32.2. The van der Waals surface area contributed by atoms with Crippen molar-refractivity contribution >= 4 is 16.0 Å². The molecule has 0 heterocycles. The molecule has 0 spiro atoms. The zero-order chi connectivity index (χ0) is 33.0. The quantitative estimate of drug-likeness (QED) is 0.150. The Labute approximate surface area is 211 Å². The minimum atomic E-state index is -8.94. The third-order valence-electron chi connectivity index (χ3n) is 5.07. The summed E-state index contributed by atoms with van der Waals surface area (Å²) in [7, 11) is -5.67. The Bertz CT molecular complexity index is 1040. The maximum atomic E-state index is 13.9. The Balaban J connectivity index is 6.46. The molecule has 0 aliphatic carbocycles. The molecule has 40 heavy (non-hydrogen) atoms. The fraction of sp³-hybridized carbons (Fsp3) is 0.933. The van der Waals surface area contributed by atoms with Crippen molar-refractivity contribution in [3.05, 3.63) is 0 Å². The molecule has 1 atom stereocenters. The first-order valence-corrected chi connectivity index (χ1v) is 11.0. The number of carboxylic acids is 1. The van der Waals surface area contributed by atoms with Crippen molar-refractivity contribution in [3.8, 4) is 0 Å². The smallest absolute Gasteiger partial charge is 0.460 e. The Hall–Kier alpha value is -1.89. The number of hydrogen-bond donors (Lipinski definition) is 3. The number of nitrogens with one attached hydrogen (secondary N) is 1. The van der Waals surface area contributed by atoms with E-state index in [-0.39, 0.29) is 0 Å². The van der Waals surface area contributed by atoms with Gasteiger partial charge in [-0.3, -0.25) is 4.48 Å². The van der Waals surface area contributed by atoms with E-state index in [0.717, 1.165) is 14.1 Å². The number of carbonyl (C=O) groups is 1. The number of aliphatic hydroxyl groups is 1. The van der Waals surface area contributed by atoms with Crippen LogP contribution < -0.4 is 4.72 Å². The van der Waals surface area contributed by atoms with E-state index < -0.39 is 93.2 Å². The molecular formula is C15H16F17N2O5S+. The number of rotatable bonds is 14. The van der Waals surface area contributed by atoms with E-state index in [1.165, 1.54) is 0 Å². The van der Waals surface area contributed by atoms with Crippen molar-refractivity contribution < 1.29 is 103 Å². The van der Waals surface area contributed by atoms with Gasteiger partial charge in [0.2, 0.25) is 0 Å². The predicted molar refractivity (Wildman–Crippen MR) is 92.8 cm³/mol. The molecule has 0 aromatic rings. The molecule has 0 radical (unpaired) electrons. The van der Waals surface area contributed by atoms with Gasteiger partial charge in [-0.1, -0.05) is 0 Å². The van der Waals surface area contributed by atoms with E-state index in [2.05, 4.69) is 0 Å². The highest BCUT2D eigenvalue weighted by molar-refractivity contribution is 7.90. The summed E-state index contributed by atoms with van der Waals surface area (Å²) in [5.74, 6) is -53.8. The number of aliphatic carboxylic acids is 1. The van der Waals surface area contributed by atoms with Crippen LogP contribution in [-0.4, -0.2) is 109 Å². The summed E-state index contributed by atoms with van der Waals surface area (Å²) >= 11 is 0. The van der Waals surface area contributed by atoms with Crippen LogP contribution in [0, 0.1) is 0 Å². The summed E-state index contributed by atoms with van der Waals surface area (Å²) in [4.78, 5) is 10.7. The molecule has 3 N–H and O–H groups in total. The average molecular weight is 659 g/mol. The lowest BCUT2D eigenvalue weighted by Gasteiger charge is -2.42. The fourth-order valence-corrected chi connectivity index (χ4v) is 3.57. The topological polar surface area (TPSA) is 104 Å². The third-order valence-corrected chi connectivity index (χ3v) is 6.59. The van der Waals surface area contributed by atoms with Crippen LogP contribution in [0.2, 0.25) is 0 Å². The van der Waals surface area contributed by atoms with Gasteiger partial charge in [-0.25, -0.2) is 17.9 Å². The van der Waals surface area contributed by atoms with Gasteiger partial charge in [-0.15, -0.1) is 0 Å². The average Bonchev–Trinajstić information content (AvgIpc) is 2.70. The van der Waals surface area contributed by atoms with Crippen molar-refractivity contribution in [1.29, 1.82) is 0 Å². The molecule has 0 amide bonds. The second-order valence-corrected chi connectivity index (χ2v) is 10.3. The molecule has 0 aliphatic heterocycles. The third kappa shape index (κ3) is 5.73. The van der Waals surface area contributed by atoms with Gasteiger partial charge in [0.05, 0.1) is 14.1 Å². The van der Waals surface area contributed by atoms with E-state index in [9.17, 15) is 93.0 Å². The van der Waals surface area contributed by atoms with Crippen LogP contribution in [0.3, 0.4) is 0 Å². The number of aliphatic hydroxyl groups excluding tert-OH is 1. The van der Waals surface area contributed by atoms with Crippen molar-refractivity contribution in [1.82, 2.24) is 4.72 Å². The number of hydrogen-bond acceptors (Lipinski definition) is 4. The lowest BCUT2D eigenvalue weighted by atomic mass is 9.91. The van der Waals surface area contributed by atoms with Crippen molar-refractivity contribution in [2.45, 2.75) is 59.6 Å². The Kier molecular flexibility index (Phi) is 9.94. The molecular weight excluding hydrogens is 643 g/mol. The van der Waals surface area contributed by atoms with Crippen LogP contribution in [0.1, 0.15) is 6.42 Å². The molecule has 7 nitrogen and oxygen atoms in total. The Morgan fingerprint density at radius 3 is 1.35 bits per heavy atom. The van der Waals surface area contributed by atoms with Crippen LogP contribution in [-0.2, 0) is 14.8 Å². The summed E-state index contributed by atoms with van der Waals surface area (Å²) in [6.45, 7) is -2.68. The number of likely N-dealkylation sites (N-methyl/N-ethyl adjacent to an activating group) is 1. The van der Waals surface area contributed by atoms with Crippen LogP contribution in [0.25, 0.3) is 0 Å². The standard InChI is InChI=1S/C15H15F17N2O5S/c1-34(2,5-7(36)37)6(35)3-4-33-40(38,39)15(31,32)13(26,27)11(22,23)9(18,19)8(16,17)10(20,21)12(24,25)14(28,29)30/h6,33,35H,3-5H2,1-2H3/p+1. The van der Waals surface area contributed by atoms with Crippen molar-refractivity contribution in [2.75, 3.05) is 27.2 Å². The number of alkyl halides is 17. The van der Waals surface area contributed by atoms with Gasteiger partial charge in [0.25, 0.3) is 10.0 Å². The Morgan fingerprint density at radius 1 is 0.700 bits per heavy atom. The largest absolute Gasteiger partial charge is 0.477 e. The summed E-state index contributed by atoms with van der Waals surface area (Å²) in [6.07, 6.45) is -11.2. The van der Waals surface area contributed by atoms with E-state index >= 15 is 0 Å². The normalized spacial score (nSPS) is 16.7. The molecule has 0 saturated carbocycles. The number of carboxylic acid groups (broad SMARTS) is 1. The van der Waals surface area contributed by atoms with E-state index in [1.807, 2.05) is 0 Å². The molecule has 0 saturated heterocycles. The SMILES string of the molecule is C[N+](C)(CC(=O)O)C(O)CCNS(=O)(=O)C(F)(F)C(F)(F)C(F)(F)C(F)(F)C(F)(F)C(F)(F)C(F)(F)C(F)(F)F. The van der Waals surface area contributed by atoms with Gasteiger partial charge in [-0.2, -0.15) is 74.6 Å². The molecule has 240 valence electrons. The van der Waals surface area contributed by atoms with Gasteiger partial charge >= 0.3 is 52.9 Å². The summed E-state index contributed by atoms with van der Waals surface area (Å²) in [5, 5.41) is 10.6. The van der Waals surface area contributed by atoms with Gasteiger partial charge in [0, 0.05) is 13.0 Å². The first kappa shape index (κ1) is 38.1. The number of nitrogens with zero attached hydrogens (tertiary/aromatic N) is 1. The second-order valence-electron chi connectivity index (χ2n) is 8.46. The van der Waals surface area contributed by atoms with Crippen LogP contribution in [0.15, 0.2) is 0 Å². The zero-order valence-corrected chi connectivity index (χ0v) is 19.9. The second kappa shape index (κ2) is 10.4. The van der Waals surface area contributed by atoms with Gasteiger partial charge < -0.3 is 10.2 Å². The molecule has 0 aromatic carbocycles. The van der Waals surface area contributed by atoms with Crippen LogP contribution in [0.4, 0.5) is 74.6 Å². The predicted octanol–water partition coefficient (Wildman–Crippen LogP) is 3.74. The highest BCUT2D eigenvalue weighted by Crippen LogP contribution is 2.64. The maximum Gasteiger partial charge on any atom is 0.460 e. The van der Waals surface area contributed by atoms with Gasteiger partial charge in [0.1, 0.15) is 0 Å². The Morgan fingerprint density at radius 2 is 1.02 bits per heavy atom. The minimum Gasteiger partial charge on any atom is -0.477 e. The first-order chi connectivity index (χ1) is 17.0. The number of quaternary nitrogens is 1. The first-order valence-electron chi connectivity index (χ1n) is 9.47. The molecule has 0 aromatic heterocycles. The van der Waals surface area contributed by atoms with E-state index in [4.69, 9.17) is 5.11 Å². The molecule has 25 heteroatoms. The molecule has 0 fully saturated rings. The van der Waals surface area contributed by atoms with Gasteiger partial charge in [0.15, 0.2) is 12.8 Å². The fourth-order valence-electron chi connectivity index (χ4n) is 2.53. The minimum absolute atomic E-state index is 0.341. The summed E-state index contributed by atoms with van der Waals surface area (Å²) in [5.41, 5.74) is 0. The lowest BCUT2D eigenvalue weighted by molar-refractivity contribution is -0.930. The number of halogens is 17. The molecule has 0 aliphatic rings. The lowest BCUT2D eigenvalue weighted by Crippen LogP contribution is -2.75. The van der Waals surface area contributed by atoms with Gasteiger partial charge in [-0.05, 0) is 0 Å². The monoisotopic (exact) mass is 659 g/mol. The zero-order valence-electron chi connectivity index (χ0n) is 19.1. The molecule has 0 bridgehead atoms. The van der Waals surface area contributed by atoms with Crippen molar-refractivity contribution in [3.63, 3.8) is 0 Å². The molecule has 0 rings (SSSR count). The summed E-state index contributed by atoms with van der Waals surface area (Å²) in [6, 6.07) is 0. The van der Waals surface area contributed by atoms with E-state index in [0.29, 0.717) is 4.72 Å². The summed E-state index contributed by atoms with van der Waals surface area (Å²) < 4.78 is 247. The molecule has 1 unspecified atom stereocenters. The van der Waals surface area contributed by atoms with Crippen LogP contribution in [0.5, 0.6) is 0 Å². The highest BCUT2D eigenvalue weighted by Gasteiger charge is 2.96. The van der Waals surface area contributed by atoms with E-state index in [1.54, 1.807) is 0 Å². The van der Waals surface area contributed by atoms with Crippen LogP contribution >= 0.6 is 0 Å².